The van der Waals surface area contributed by atoms with Crippen LogP contribution in [0, 0.1) is 35.1 Å². The number of benzene rings is 2. The second-order valence-corrected chi connectivity index (χ2v) is 6.70. The van der Waals surface area contributed by atoms with Gasteiger partial charge in [-0.15, -0.1) is 0 Å². The van der Waals surface area contributed by atoms with Crippen molar-refractivity contribution < 1.29 is 17.6 Å². The van der Waals surface area contributed by atoms with E-state index in [2.05, 4.69) is 0 Å². The van der Waals surface area contributed by atoms with Gasteiger partial charge in [0.15, 0.2) is 23.3 Å². The van der Waals surface area contributed by atoms with Crippen molar-refractivity contribution in [3.63, 3.8) is 0 Å². The first kappa shape index (κ1) is 16.1. The number of hydrogen-bond donors (Lipinski definition) is 0. The third kappa shape index (κ3) is 2.80. The summed E-state index contributed by atoms with van der Waals surface area (Å²) in [5.74, 6) is -4.91. The SMILES string of the molecule is Fc1cc(F)c(F)c(/C=C2/C(=C/c3ccccc3)[C@@H]3CC[C@H]2C3)c1F. The van der Waals surface area contributed by atoms with Gasteiger partial charge < -0.3 is 0 Å². The molecule has 4 rings (SSSR count). The Hall–Kier alpha value is -2.36. The standard InChI is InChI=1S/C21H16F4/c22-18-11-19(23)21(25)17(20(18)24)10-16-14-7-6-13(9-14)15(16)8-12-4-2-1-3-5-12/h1-5,8,10-11,13-14H,6-7,9H2/b15-8+,16-10+/t13-,14+/m1/s1. The van der Waals surface area contributed by atoms with Crippen molar-refractivity contribution in [1.29, 1.82) is 0 Å². The zero-order valence-corrected chi connectivity index (χ0v) is 13.4. The summed E-state index contributed by atoms with van der Waals surface area (Å²) in [7, 11) is 0. The van der Waals surface area contributed by atoms with Crippen LogP contribution in [0.25, 0.3) is 12.2 Å². The number of hydrogen-bond acceptors (Lipinski definition) is 0. The van der Waals surface area contributed by atoms with Crippen molar-refractivity contribution in [3.05, 3.63) is 81.9 Å². The highest BCUT2D eigenvalue weighted by molar-refractivity contribution is 5.70. The van der Waals surface area contributed by atoms with Crippen LogP contribution in [0.5, 0.6) is 0 Å². The van der Waals surface area contributed by atoms with E-state index in [9.17, 15) is 17.6 Å². The molecule has 0 nitrogen and oxygen atoms in total. The Morgan fingerprint density at radius 1 is 0.760 bits per heavy atom. The van der Waals surface area contributed by atoms with Crippen LogP contribution in [-0.4, -0.2) is 0 Å². The van der Waals surface area contributed by atoms with Gasteiger partial charge in [-0.1, -0.05) is 36.4 Å². The van der Waals surface area contributed by atoms with Gasteiger partial charge in [-0.2, -0.15) is 0 Å². The lowest BCUT2D eigenvalue weighted by Gasteiger charge is -2.18. The molecule has 2 aliphatic rings. The first-order chi connectivity index (χ1) is 12.0. The van der Waals surface area contributed by atoms with Crippen LogP contribution in [0.15, 0.2) is 47.5 Å². The maximum atomic E-state index is 14.0. The lowest BCUT2D eigenvalue weighted by atomic mass is 9.87. The van der Waals surface area contributed by atoms with Crippen LogP contribution >= 0.6 is 0 Å². The van der Waals surface area contributed by atoms with Crippen molar-refractivity contribution >= 4 is 12.2 Å². The molecule has 2 aromatic rings. The smallest absolute Gasteiger partial charge is 0.169 e. The van der Waals surface area contributed by atoms with Gasteiger partial charge in [0.25, 0.3) is 0 Å². The van der Waals surface area contributed by atoms with Gasteiger partial charge in [0.05, 0.1) is 5.56 Å². The number of allylic oxidation sites excluding steroid dienone is 2. The zero-order valence-electron chi connectivity index (χ0n) is 13.4. The summed E-state index contributed by atoms with van der Waals surface area (Å²) in [5, 5.41) is 0. The molecule has 2 atom stereocenters. The molecule has 0 unspecified atom stereocenters. The summed E-state index contributed by atoms with van der Waals surface area (Å²) in [5.41, 5.74) is 2.19. The number of halogens is 4. The molecule has 0 saturated heterocycles. The van der Waals surface area contributed by atoms with Gasteiger partial charge in [-0.05, 0) is 53.9 Å². The van der Waals surface area contributed by atoms with E-state index in [4.69, 9.17) is 0 Å². The Kier molecular flexibility index (Phi) is 3.98. The molecule has 25 heavy (non-hydrogen) atoms. The van der Waals surface area contributed by atoms with Crippen molar-refractivity contribution in [2.75, 3.05) is 0 Å². The van der Waals surface area contributed by atoms with E-state index in [0.29, 0.717) is 5.92 Å². The largest absolute Gasteiger partial charge is 0.204 e. The van der Waals surface area contributed by atoms with E-state index in [1.165, 1.54) is 6.08 Å². The molecule has 2 saturated carbocycles. The topological polar surface area (TPSA) is 0 Å². The van der Waals surface area contributed by atoms with Gasteiger partial charge in [0, 0.05) is 6.07 Å². The highest BCUT2D eigenvalue weighted by Gasteiger charge is 2.39. The molecule has 2 fully saturated rings. The normalized spacial score (nSPS) is 25.3. The van der Waals surface area contributed by atoms with Crippen molar-refractivity contribution in [2.45, 2.75) is 19.3 Å². The molecule has 2 aliphatic carbocycles. The summed E-state index contributed by atoms with van der Waals surface area (Å²) in [4.78, 5) is 0. The summed E-state index contributed by atoms with van der Waals surface area (Å²) in [6.45, 7) is 0. The minimum absolute atomic E-state index is 0.185. The Bertz CT molecular complexity index is 854. The minimum Gasteiger partial charge on any atom is -0.204 e. The van der Waals surface area contributed by atoms with E-state index in [1.54, 1.807) is 0 Å². The predicted molar refractivity (Wildman–Crippen MR) is 89.5 cm³/mol. The van der Waals surface area contributed by atoms with Crippen LogP contribution in [0.2, 0.25) is 0 Å². The molecule has 0 heterocycles. The molecule has 4 heteroatoms. The van der Waals surface area contributed by atoms with Crippen LogP contribution in [0.1, 0.15) is 30.4 Å². The molecule has 0 spiro atoms. The Balaban J connectivity index is 1.84. The summed E-state index contributed by atoms with van der Waals surface area (Å²) < 4.78 is 55.1. The third-order valence-corrected chi connectivity index (χ3v) is 5.21. The van der Waals surface area contributed by atoms with Crippen LogP contribution < -0.4 is 0 Å². The summed E-state index contributed by atoms with van der Waals surface area (Å²) >= 11 is 0. The lowest BCUT2D eigenvalue weighted by molar-refractivity contribution is 0.451. The average Bonchev–Trinajstić information content (AvgIpc) is 3.20. The minimum atomic E-state index is -1.37. The Morgan fingerprint density at radius 2 is 1.32 bits per heavy atom. The molecule has 2 aromatic carbocycles. The van der Waals surface area contributed by atoms with Gasteiger partial charge in [-0.3, -0.25) is 0 Å². The summed E-state index contributed by atoms with van der Waals surface area (Å²) in [6, 6.07) is 9.92. The fourth-order valence-corrected chi connectivity index (χ4v) is 4.02. The molecule has 0 N–H and O–H groups in total. The monoisotopic (exact) mass is 344 g/mol. The fourth-order valence-electron chi connectivity index (χ4n) is 4.02. The first-order valence-corrected chi connectivity index (χ1v) is 8.36. The lowest BCUT2D eigenvalue weighted by Crippen LogP contribution is -2.05. The first-order valence-electron chi connectivity index (χ1n) is 8.36. The van der Waals surface area contributed by atoms with Crippen LogP contribution in [0.4, 0.5) is 17.6 Å². The molecule has 128 valence electrons. The maximum absolute atomic E-state index is 14.0. The molecule has 0 aliphatic heterocycles. The Morgan fingerprint density at radius 3 is 1.92 bits per heavy atom. The van der Waals surface area contributed by atoms with E-state index < -0.39 is 28.8 Å². The third-order valence-electron chi connectivity index (χ3n) is 5.21. The molecule has 0 aromatic heterocycles. The highest BCUT2D eigenvalue weighted by atomic mass is 19.2. The van der Waals surface area contributed by atoms with Gasteiger partial charge in [0.1, 0.15) is 0 Å². The van der Waals surface area contributed by atoms with Crippen LogP contribution in [-0.2, 0) is 0 Å². The molecular weight excluding hydrogens is 328 g/mol. The van der Waals surface area contributed by atoms with Crippen LogP contribution in [0.3, 0.4) is 0 Å². The van der Waals surface area contributed by atoms with E-state index in [0.717, 1.165) is 36.0 Å². The summed E-state index contributed by atoms with van der Waals surface area (Å²) in [6.07, 6.45) is 6.20. The number of rotatable bonds is 2. The second kappa shape index (κ2) is 6.17. The van der Waals surface area contributed by atoms with Crippen molar-refractivity contribution in [1.82, 2.24) is 0 Å². The molecular formula is C21H16F4. The van der Waals surface area contributed by atoms with E-state index >= 15 is 0 Å². The second-order valence-electron chi connectivity index (χ2n) is 6.70. The van der Waals surface area contributed by atoms with Gasteiger partial charge in [0.2, 0.25) is 0 Å². The average molecular weight is 344 g/mol. The zero-order chi connectivity index (χ0) is 17.6. The van der Waals surface area contributed by atoms with E-state index in [1.807, 2.05) is 36.4 Å². The fraction of sp³-hybridized carbons (Fsp3) is 0.238. The quantitative estimate of drug-likeness (QED) is 0.453. The molecule has 0 amide bonds. The molecule has 2 bridgehead atoms. The van der Waals surface area contributed by atoms with Crippen molar-refractivity contribution in [3.8, 4) is 0 Å². The van der Waals surface area contributed by atoms with Gasteiger partial charge in [-0.25, -0.2) is 17.6 Å². The highest BCUT2D eigenvalue weighted by Crippen LogP contribution is 2.53. The van der Waals surface area contributed by atoms with E-state index in [-0.39, 0.29) is 12.0 Å². The van der Waals surface area contributed by atoms with Gasteiger partial charge >= 0.3 is 0 Å². The molecule has 0 radical (unpaired) electrons. The maximum Gasteiger partial charge on any atom is 0.169 e. The number of fused-ring (bicyclic) bond motifs is 2. The predicted octanol–water partition coefficient (Wildman–Crippen LogP) is 6.14. The Labute approximate surface area is 143 Å². The van der Waals surface area contributed by atoms with Crippen molar-refractivity contribution in [2.24, 2.45) is 11.8 Å².